The average molecular weight is 356 g/mol. The molecule has 0 saturated carbocycles. The van der Waals surface area contributed by atoms with Gasteiger partial charge in [0.1, 0.15) is 11.1 Å². The number of thiophene rings is 1. The second kappa shape index (κ2) is 6.66. The zero-order valence-electron chi connectivity index (χ0n) is 12.5. The average Bonchev–Trinajstić information content (AvgIpc) is 3.14. The molecular formula is C15H17FN2O3S2. The lowest BCUT2D eigenvalue weighted by atomic mass is 10.1. The Bertz CT molecular complexity index is 765. The Labute approximate surface area is 138 Å². The van der Waals surface area contributed by atoms with E-state index in [1.807, 2.05) is 16.8 Å². The smallest absolute Gasteiger partial charge is 0.219 e. The summed E-state index contributed by atoms with van der Waals surface area (Å²) in [6, 6.07) is 7.42. The van der Waals surface area contributed by atoms with Crippen LogP contribution in [0.25, 0.3) is 0 Å². The van der Waals surface area contributed by atoms with Gasteiger partial charge >= 0.3 is 0 Å². The second-order valence-electron chi connectivity index (χ2n) is 5.38. The van der Waals surface area contributed by atoms with Gasteiger partial charge in [0.05, 0.1) is 12.6 Å². The van der Waals surface area contributed by atoms with Crippen molar-refractivity contribution in [3.8, 4) is 0 Å². The summed E-state index contributed by atoms with van der Waals surface area (Å²) in [4.78, 5) is 5.42. The number of hydrogen-bond acceptors (Lipinski definition) is 5. The number of nitrogens with zero attached hydrogens (tertiary/aromatic N) is 1. The molecule has 3 rings (SSSR count). The second-order valence-corrected chi connectivity index (χ2v) is 8.14. The molecule has 2 heterocycles. The molecule has 1 aromatic heterocycles. The standard InChI is InChI=1S/C15H17FN2O3S2/c1-18-15(12-5-6-22-10-12)14(9-21-18)23(19,20)17-8-11-3-2-4-13(16)7-11/h2-7,10,14-15,17H,8-9H2,1H3. The first-order valence-corrected chi connectivity index (χ1v) is 9.57. The van der Waals surface area contributed by atoms with Crippen molar-refractivity contribution >= 4 is 21.4 Å². The Balaban J connectivity index is 1.76. The lowest BCUT2D eigenvalue weighted by Gasteiger charge is -2.22. The fourth-order valence-electron chi connectivity index (χ4n) is 2.66. The fourth-order valence-corrected chi connectivity index (χ4v) is 4.84. The first-order valence-electron chi connectivity index (χ1n) is 7.08. The quantitative estimate of drug-likeness (QED) is 0.893. The summed E-state index contributed by atoms with van der Waals surface area (Å²) in [7, 11) is -1.89. The summed E-state index contributed by atoms with van der Waals surface area (Å²) in [5, 5.41) is 4.69. The molecule has 1 saturated heterocycles. The largest absolute Gasteiger partial charge is 0.297 e. The molecule has 2 atom stereocenters. The first kappa shape index (κ1) is 16.5. The van der Waals surface area contributed by atoms with Gasteiger partial charge in [-0.3, -0.25) is 4.84 Å². The van der Waals surface area contributed by atoms with Crippen LogP contribution >= 0.6 is 11.3 Å². The lowest BCUT2D eigenvalue weighted by Crippen LogP contribution is -2.38. The van der Waals surface area contributed by atoms with Gasteiger partial charge in [-0.2, -0.15) is 16.4 Å². The molecule has 1 aliphatic rings. The summed E-state index contributed by atoms with van der Waals surface area (Å²) in [5.74, 6) is -0.387. The zero-order valence-corrected chi connectivity index (χ0v) is 14.1. The summed E-state index contributed by atoms with van der Waals surface area (Å²) >= 11 is 1.51. The maximum absolute atomic E-state index is 13.2. The topological polar surface area (TPSA) is 58.6 Å². The number of nitrogens with one attached hydrogen (secondary N) is 1. The highest BCUT2D eigenvalue weighted by Crippen LogP contribution is 2.34. The molecule has 0 amide bonds. The maximum atomic E-state index is 13.2. The van der Waals surface area contributed by atoms with E-state index in [4.69, 9.17) is 4.84 Å². The van der Waals surface area contributed by atoms with Crippen molar-refractivity contribution in [3.63, 3.8) is 0 Å². The van der Waals surface area contributed by atoms with Crippen LogP contribution in [0.2, 0.25) is 0 Å². The fraction of sp³-hybridized carbons (Fsp3) is 0.333. The molecule has 124 valence electrons. The molecule has 2 aromatic rings. The van der Waals surface area contributed by atoms with E-state index in [1.54, 1.807) is 24.2 Å². The van der Waals surface area contributed by atoms with Crippen LogP contribution in [0.4, 0.5) is 4.39 Å². The Morgan fingerprint density at radius 3 is 2.96 bits per heavy atom. The van der Waals surface area contributed by atoms with Gasteiger partial charge in [-0.25, -0.2) is 17.5 Å². The third-order valence-corrected chi connectivity index (χ3v) is 6.28. The minimum Gasteiger partial charge on any atom is -0.297 e. The van der Waals surface area contributed by atoms with E-state index in [9.17, 15) is 12.8 Å². The van der Waals surface area contributed by atoms with Crippen LogP contribution in [0.1, 0.15) is 17.2 Å². The first-order chi connectivity index (χ1) is 11.0. The van der Waals surface area contributed by atoms with Gasteiger partial charge in [0.2, 0.25) is 10.0 Å². The van der Waals surface area contributed by atoms with E-state index in [0.717, 1.165) is 5.56 Å². The van der Waals surface area contributed by atoms with Crippen LogP contribution in [-0.2, 0) is 21.4 Å². The molecular weight excluding hydrogens is 339 g/mol. The van der Waals surface area contributed by atoms with Crippen molar-refractivity contribution in [2.75, 3.05) is 13.7 Å². The zero-order chi connectivity index (χ0) is 16.4. The summed E-state index contributed by atoms with van der Waals surface area (Å²) < 4.78 is 41.0. The van der Waals surface area contributed by atoms with Gasteiger partial charge in [0.25, 0.3) is 0 Å². The SMILES string of the molecule is CN1OCC(S(=O)(=O)NCc2cccc(F)c2)C1c1ccsc1. The van der Waals surface area contributed by atoms with Gasteiger partial charge in [0, 0.05) is 13.6 Å². The Kier molecular flexibility index (Phi) is 4.79. The molecule has 0 spiro atoms. The van der Waals surface area contributed by atoms with Gasteiger partial charge in [-0.05, 0) is 40.1 Å². The summed E-state index contributed by atoms with van der Waals surface area (Å²) in [6.07, 6.45) is 0. The molecule has 0 radical (unpaired) electrons. The Morgan fingerprint density at radius 2 is 2.26 bits per heavy atom. The van der Waals surface area contributed by atoms with Gasteiger partial charge < -0.3 is 0 Å². The van der Waals surface area contributed by atoms with E-state index >= 15 is 0 Å². The van der Waals surface area contributed by atoms with Crippen LogP contribution in [0.15, 0.2) is 41.1 Å². The molecule has 1 fully saturated rings. The van der Waals surface area contributed by atoms with Crippen LogP contribution in [0, 0.1) is 5.82 Å². The van der Waals surface area contributed by atoms with Crippen LogP contribution in [0.3, 0.4) is 0 Å². The lowest BCUT2D eigenvalue weighted by molar-refractivity contribution is -0.110. The number of rotatable bonds is 5. The van der Waals surface area contributed by atoms with Gasteiger partial charge in [-0.15, -0.1) is 0 Å². The minimum atomic E-state index is -3.61. The Hall–Kier alpha value is -1.32. The molecule has 23 heavy (non-hydrogen) atoms. The number of benzene rings is 1. The van der Waals surface area contributed by atoms with E-state index in [-0.39, 0.29) is 25.0 Å². The molecule has 1 aliphatic heterocycles. The maximum Gasteiger partial charge on any atom is 0.219 e. The molecule has 0 aliphatic carbocycles. The molecule has 1 aromatic carbocycles. The van der Waals surface area contributed by atoms with Gasteiger partial charge in [-0.1, -0.05) is 12.1 Å². The predicted molar refractivity (Wildman–Crippen MR) is 86.7 cm³/mol. The number of hydroxylamine groups is 2. The minimum absolute atomic E-state index is 0.0522. The van der Waals surface area contributed by atoms with Crippen molar-refractivity contribution in [2.45, 2.75) is 17.8 Å². The van der Waals surface area contributed by atoms with Crippen molar-refractivity contribution in [1.82, 2.24) is 9.79 Å². The molecule has 1 N–H and O–H groups in total. The molecule has 0 bridgehead atoms. The van der Waals surface area contributed by atoms with Crippen LogP contribution < -0.4 is 4.72 Å². The third-order valence-electron chi connectivity index (χ3n) is 3.84. The van der Waals surface area contributed by atoms with Crippen molar-refractivity contribution in [1.29, 1.82) is 0 Å². The molecule has 2 unspecified atom stereocenters. The highest BCUT2D eigenvalue weighted by molar-refractivity contribution is 7.90. The van der Waals surface area contributed by atoms with Crippen LogP contribution in [-0.4, -0.2) is 32.4 Å². The van der Waals surface area contributed by atoms with Crippen molar-refractivity contribution < 1.29 is 17.6 Å². The number of halogens is 1. The van der Waals surface area contributed by atoms with Crippen molar-refractivity contribution in [2.24, 2.45) is 0 Å². The van der Waals surface area contributed by atoms with Gasteiger partial charge in [0.15, 0.2) is 0 Å². The normalized spacial score (nSPS) is 22.5. The highest BCUT2D eigenvalue weighted by Gasteiger charge is 2.43. The van der Waals surface area contributed by atoms with Crippen molar-refractivity contribution in [3.05, 3.63) is 58.0 Å². The molecule has 8 heteroatoms. The molecule has 5 nitrogen and oxygen atoms in total. The predicted octanol–water partition coefficient (Wildman–Crippen LogP) is 2.29. The van der Waals surface area contributed by atoms with E-state index in [0.29, 0.717) is 5.56 Å². The summed E-state index contributed by atoms with van der Waals surface area (Å²) in [5.41, 5.74) is 1.49. The van der Waals surface area contributed by atoms with Crippen LogP contribution in [0.5, 0.6) is 0 Å². The summed E-state index contributed by atoms with van der Waals surface area (Å²) in [6.45, 7) is 0.145. The van der Waals surface area contributed by atoms with E-state index in [2.05, 4.69) is 4.72 Å². The van der Waals surface area contributed by atoms with E-state index < -0.39 is 15.3 Å². The van der Waals surface area contributed by atoms with E-state index in [1.165, 1.54) is 23.5 Å². The Morgan fingerprint density at radius 1 is 1.43 bits per heavy atom. The third kappa shape index (κ3) is 3.61. The number of sulfonamides is 1. The highest BCUT2D eigenvalue weighted by atomic mass is 32.2. The monoisotopic (exact) mass is 356 g/mol. The number of hydrogen-bond donors (Lipinski definition) is 1.